The number of hydrogen-bond acceptors (Lipinski definition) is 4. The molecule has 26 heavy (non-hydrogen) atoms. The normalized spacial score (nSPS) is 26.5. The van der Waals surface area contributed by atoms with E-state index >= 15 is 0 Å². The SMILES string of the molecule is CC(C)N1CCO[C@H]2CN(C(=O)N3CCCC3)C[C@H]21.O=C(O)C(F)(F)F. The summed E-state index contributed by atoms with van der Waals surface area (Å²) in [7, 11) is 0. The number of ether oxygens (including phenoxy) is 1. The van der Waals surface area contributed by atoms with Crippen LogP contribution in [0.15, 0.2) is 0 Å². The minimum atomic E-state index is -5.08. The number of carboxylic acids is 1. The van der Waals surface area contributed by atoms with E-state index in [1.807, 2.05) is 9.80 Å². The van der Waals surface area contributed by atoms with Crippen LogP contribution in [0.4, 0.5) is 18.0 Å². The minimum absolute atomic E-state index is 0.211. The Morgan fingerprint density at radius 2 is 1.65 bits per heavy atom. The van der Waals surface area contributed by atoms with Crippen molar-refractivity contribution in [1.82, 2.24) is 14.7 Å². The van der Waals surface area contributed by atoms with E-state index in [9.17, 15) is 18.0 Å². The van der Waals surface area contributed by atoms with Crippen LogP contribution in [0.2, 0.25) is 0 Å². The first-order chi connectivity index (χ1) is 12.1. The third-order valence-electron chi connectivity index (χ3n) is 4.90. The number of likely N-dealkylation sites (tertiary alicyclic amines) is 2. The number of aliphatic carboxylic acids is 1. The molecule has 150 valence electrons. The molecule has 3 aliphatic rings. The number of urea groups is 1. The van der Waals surface area contributed by atoms with Gasteiger partial charge in [0.2, 0.25) is 0 Å². The third-order valence-corrected chi connectivity index (χ3v) is 4.90. The van der Waals surface area contributed by atoms with Crippen molar-refractivity contribution < 1.29 is 32.6 Å². The van der Waals surface area contributed by atoms with Crippen molar-refractivity contribution in [3.63, 3.8) is 0 Å². The standard InChI is InChI=1S/C14H25N3O2.C2HF3O2/c1-11(2)17-7-8-19-13-10-16(9-12(13)17)14(18)15-5-3-4-6-15;3-2(4,5)1(6)7/h11-13H,3-10H2,1-2H3;(H,6,7)/t12-,13+;/m1./s1. The monoisotopic (exact) mass is 381 g/mol. The van der Waals surface area contributed by atoms with Crippen LogP contribution in [-0.2, 0) is 9.53 Å². The molecule has 2 atom stereocenters. The summed E-state index contributed by atoms with van der Waals surface area (Å²) >= 11 is 0. The first-order valence-corrected chi connectivity index (χ1v) is 8.82. The molecule has 0 aromatic carbocycles. The molecular weight excluding hydrogens is 355 g/mol. The molecule has 2 amide bonds. The van der Waals surface area contributed by atoms with Gasteiger partial charge in [0, 0.05) is 32.2 Å². The van der Waals surface area contributed by atoms with Crippen molar-refractivity contribution in [3.05, 3.63) is 0 Å². The maximum atomic E-state index is 12.4. The zero-order valence-electron chi connectivity index (χ0n) is 15.0. The molecule has 0 spiro atoms. The molecule has 3 saturated heterocycles. The van der Waals surface area contributed by atoms with Crippen molar-refractivity contribution in [3.8, 4) is 0 Å². The van der Waals surface area contributed by atoms with E-state index in [1.165, 1.54) is 0 Å². The van der Waals surface area contributed by atoms with Crippen LogP contribution in [0.3, 0.4) is 0 Å². The molecule has 7 nitrogen and oxygen atoms in total. The summed E-state index contributed by atoms with van der Waals surface area (Å²) in [4.78, 5) is 27.8. The van der Waals surface area contributed by atoms with Gasteiger partial charge in [0.15, 0.2) is 0 Å². The number of halogens is 3. The summed E-state index contributed by atoms with van der Waals surface area (Å²) in [6.45, 7) is 9.70. The first-order valence-electron chi connectivity index (χ1n) is 8.82. The van der Waals surface area contributed by atoms with Crippen LogP contribution in [0.5, 0.6) is 0 Å². The Balaban J connectivity index is 0.000000298. The van der Waals surface area contributed by atoms with Gasteiger partial charge in [-0.15, -0.1) is 0 Å². The lowest BCUT2D eigenvalue weighted by Gasteiger charge is -2.39. The van der Waals surface area contributed by atoms with E-state index in [0.717, 1.165) is 52.2 Å². The van der Waals surface area contributed by atoms with Crippen LogP contribution >= 0.6 is 0 Å². The fourth-order valence-electron chi connectivity index (χ4n) is 3.62. The number of fused-ring (bicyclic) bond motifs is 1. The van der Waals surface area contributed by atoms with E-state index in [2.05, 4.69) is 18.7 Å². The van der Waals surface area contributed by atoms with Crippen molar-refractivity contribution in [2.24, 2.45) is 0 Å². The number of carbonyl (C=O) groups excluding carboxylic acids is 1. The Bertz CT molecular complexity index is 509. The molecule has 0 aromatic heterocycles. The summed E-state index contributed by atoms with van der Waals surface area (Å²) in [5.74, 6) is -2.76. The van der Waals surface area contributed by atoms with Gasteiger partial charge in [0.05, 0.1) is 25.3 Å². The quantitative estimate of drug-likeness (QED) is 0.747. The fraction of sp³-hybridized carbons (Fsp3) is 0.875. The Kier molecular flexibility index (Phi) is 6.73. The molecule has 10 heteroatoms. The van der Waals surface area contributed by atoms with Gasteiger partial charge in [-0.2, -0.15) is 13.2 Å². The van der Waals surface area contributed by atoms with Crippen molar-refractivity contribution in [1.29, 1.82) is 0 Å². The number of amides is 2. The van der Waals surface area contributed by atoms with Crippen LogP contribution in [-0.4, -0.2) is 95.5 Å². The Morgan fingerprint density at radius 3 is 2.15 bits per heavy atom. The molecule has 0 aliphatic carbocycles. The second-order valence-electron chi connectivity index (χ2n) is 6.99. The molecule has 3 aliphatic heterocycles. The zero-order chi connectivity index (χ0) is 19.5. The van der Waals surface area contributed by atoms with E-state index in [0.29, 0.717) is 12.1 Å². The van der Waals surface area contributed by atoms with Crippen molar-refractivity contribution in [2.75, 3.05) is 39.3 Å². The maximum Gasteiger partial charge on any atom is 0.490 e. The van der Waals surface area contributed by atoms with Gasteiger partial charge in [-0.1, -0.05) is 0 Å². The average molecular weight is 381 g/mol. The number of alkyl halides is 3. The van der Waals surface area contributed by atoms with Crippen LogP contribution < -0.4 is 0 Å². The fourth-order valence-corrected chi connectivity index (χ4v) is 3.62. The lowest BCUT2D eigenvalue weighted by molar-refractivity contribution is -0.192. The molecule has 0 aromatic rings. The highest BCUT2D eigenvalue weighted by atomic mass is 19.4. The average Bonchev–Trinajstić information content (AvgIpc) is 3.22. The lowest BCUT2D eigenvalue weighted by Crippen LogP contribution is -2.53. The van der Waals surface area contributed by atoms with E-state index in [-0.39, 0.29) is 12.1 Å². The van der Waals surface area contributed by atoms with E-state index < -0.39 is 12.1 Å². The Morgan fingerprint density at radius 1 is 1.08 bits per heavy atom. The van der Waals surface area contributed by atoms with Gasteiger partial charge in [-0.25, -0.2) is 9.59 Å². The smallest absolute Gasteiger partial charge is 0.475 e. The number of nitrogens with zero attached hydrogens (tertiary/aromatic N) is 3. The third kappa shape index (κ3) is 5.00. The van der Waals surface area contributed by atoms with E-state index in [1.54, 1.807) is 0 Å². The number of hydrogen-bond donors (Lipinski definition) is 1. The summed E-state index contributed by atoms with van der Waals surface area (Å²) in [6, 6.07) is 1.14. The van der Waals surface area contributed by atoms with Gasteiger partial charge in [0.25, 0.3) is 0 Å². The summed E-state index contributed by atoms with van der Waals surface area (Å²) < 4.78 is 37.6. The summed E-state index contributed by atoms with van der Waals surface area (Å²) in [5.41, 5.74) is 0. The number of rotatable bonds is 1. The number of morpholine rings is 1. The van der Waals surface area contributed by atoms with Gasteiger partial charge in [-0.05, 0) is 26.7 Å². The van der Waals surface area contributed by atoms with Gasteiger partial charge < -0.3 is 19.6 Å². The first kappa shape index (κ1) is 20.8. The van der Waals surface area contributed by atoms with Crippen LogP contribution in [0.1, 0.15) is 26.7 Å². The molecule has 1 N–H and O–H groups in total. The van der Waals surface area contributed by atoms with Crippen LogP contribution in [0, 0.1) is 0 Å². The predicted octanol–water partition coefficient (Wildman–Crippen LogP) is 1.63. The van der Waals surface area contributed by atoms with Gasteiger partial charge in [0.1, 0.15) is 0 Å². The molecule has 3 fully saturated rings. The highest BCUT2D eigenvalue weighted by molar-refractivity contribution is 5.75. The summed E-state index contributed by atoms with van der Waals surface area (Å²) in [6.07, 6.45) is -2.56. The van der Waals surface area contributed by atoms with Gasteiger partial charge in [-0.3, -0.25) is 4.90 Å². The predicted molar refractivity (Wildman–Crippen MR) is 86.8 cm³/mol. The highest BCUT2D eigenvalue weighted by Crippen LogP contribution is 2.26. The molecule has 0 unspecified atom stereocenters. The number of carboxylic acid groups (broad SMARTS) is 1. The molecule has 3 rings (SSSR count). The Labute approximate surface area is 150 Å². The second-order valence-corrected chi connectivity index (χ2v) is 6.99. The van der Waals surface area contributed by atoms with Crippen molar-refractivity contribution in [2.45, 2.75) is 51.1 Å². The minimum Gasteiger partial charge on any atom is -0.475 e. The lowest BCUT2D eigenvalue weighted by atomic mass is 10.1. The molecule has 3 heterocycles. The molecule has 0 bridgehead atoms. The number of carbonyl (C=O) groups is 2. The summed E-state index contributed by atoms with van der Waals surface area (Å²) in [5, 5.41) is 7.12. The second kappa shape index (κ2) is 8.43. The highest BCUT2D eigenvalue weighted by Gasteiger charge is 2.43. The topological polar surface area (TPSA) is 73.3 Å². The zero-order valence-corrected chi connectivity index (χ0v) is 15.0. The molecule has 0 saturated carbocycles. The van der Waals surface area contributed by atoms with Gasteiger partial charge >= 0.3 is 18.2 Å². The van der Waals surface area contributed by atoms with Crippen molar-refractivity contribution >= 4 is 12.0 Å². The van der Waals surface area contributed by atoms with Crippen LogP contribution in [0.25, 0.3) is 0 Å². The van der Waals surface area contributed by atoms with E-state index in [4.69, 9.17) is 14.6 Å². The molecule has 0 radical (unpaired) electrons. The Hall–Kier alpha value is -1.55. The largest absolute Gasteiger partial charge is 0.490 e. The maximum absolute atomic E-state index is 12.4. The molecular formula is C16H26F3N3O4.